The second-order valence-electron chi connectivity index (χ2n) is 2.92. The first-order valence-corrected chi connectivity index (χ1v) is 9.75. The van der Waals surface area contributed by atoms with Crippen molar-refractivity contribution in [2.45, 2.75) is 0 Å². The summed E-state index contributed by atoms with van der Waals surface area (Å²) in [4.78, 5) is 0. The van der Waals surface area contributed by atoms with E-state index in [1.165, 1.54) is 0 Å². The fourth-order valence-corrected chi connectivity index (χ4v) is 0. The number of thiol groups is 1. The van der Waals surface area contributed by atoms with Gasteiger partial charge < -0.3 is 0 Å². The Labute approximate surface area is 96.7 Å². The van der Waals surface area contributed by atoms with Crippen molar-refractivity contribution in [3.05, 3.63) is 0 Å². The zero-order chi connectivity index (χ0) is 10.7. The highest BCUT2D eigenvalue weighted by Gasteiger charge is 1.66. The zero-order valence-corrected chi connectivity index (χ0v) is 13.4. The van der Waals surface area contributed by atoms with Crippen LogP contribution in [0.1, 0.15) is 0 Å². The molecule has 0 heterocycles. The highest BCUT2D eigenvalue weighted by atomic mass is 79.9. The monoisotopic (exact) mass is 314 g/mol. The standard InChI is InChI=1S/2C3H9P.BrH.H2O3S/c2*1-4(2)3;;1-4(2)3/h2*1-3H3;1H;4H,(H,1,2,3). The molecule has 0 bridgehead atoms. The quantitative estimate of drug-likeness (QED) is 0.410. The fraction of sp³-hybridized carbons (Fsp3) is 1.00. The van der Waals surface area contributed by atoms with Crippen LogP contribution in [-0.4, -0.2) is 53.0 Å². The van der Waals surface area contributed by atoms with Crippen molar-refractivity contribution in [1.82, 2.24) is 0 Å². The Bertz CT molecular complexity index is 120. The van der Waals surface area contributed by atoms with E-state index in [4.69, 9.17) is 13.0 Å². The normalized spacial score (nSPS) is 8.15. The van der Waals surface area contributed by atoms with Crippen LogP contribution in [0.25, 0.3) is 0 Å². The average molecular weight is 315 g/mol. The summed E-state index contributed by atoms with van der Waals surface area (Å²) in [7, 11) is -2.36. The van der Waals surface area contributed by atoms with Gasteiger partial charge in [0.1, 0.15) is 0 Å². The van der Waals surface area contributed by atoms with Crippen molar-refractivity contribution < 1.29 is 13.0 Å². The highest BCUT2D eigenvalue weighted by molar-refractivity contribution is 8.93. The lowest BCUT2D eigenvalue weighted by Gasteiger charge is -1.81. The van der Waals surface area contributed by atoms with Crippen LogP contribution in [0, 0.1) is 0 Å². The summed E-state index contributed by atoms with van der Waals surface area (Å²) < 4.78 is 24.2. The Morgan fingerprint density at radius 1 is 0.846 bits per heavy atom. The molecule has 0 aliphatic rings. The van der Waals surface area contributed by atoms with Gasteiger partial charge >= 0.3 is 0 Å². The molecule has 0 radical (unpaired) electrons. The SMILES string of the molecule is Br.CP(C)C.CP(C)C.O=[SH](=O)O. The van der Waals surface area contributed by atoms with Gasteiger partial charge in [-0.25, -0.2) is 8.42 Å². The van der Waals surface area contributed by atoms with Gasteiger partial charge in [0, 0.05) is 0 Å². The molecule has 0 rings (SSSR count). The lowest BCUT2D eigenvalue weighted by molar-refractivity contribution is 0.509. The maximum atomic E-state index is 8.59. The summed E-state index contributed by atoms with van der Waals surface area (Å²) in [6.07, 6.45) is 0. The van der Waals surface area contributed by atoms with Crippen LogP contribution in [0.5, 0.6) is 0 Å². The van der Waals surface area contributed by atoms with E-state index in [1.807, 2.05) is 0 Å². The smallest absolute Gasteiger partial charge is 0.254 e. The summed E-state index contributed by atoms with van der Waals surface area (Å²) in [5, 5.41) is 0. The first-order valence-electron chi connectivity index (χ1n) is 3.25. The number of halogens is 1. The molecule has 0 fully saturated rings. The Morgan fingerprint density at radius 3 is 0.846 bits per heavy atom. The lowest BCUT2D eigenvalue weighted by atomic mass is 11.9. The summed E-state index contributed by atoms with van der Waals surface area (Å²) in [6, 6.07) is 0. The van der Waals surface area contributed by atoms with Crippen molar-refractivity contribution in [1.29, 1.82) is 0 Å². The second-order valence-corrected chi connectivity index (χ2v) is 8.76. The van der Waals surface area contributed by atoms with Crippen molar-refractivity contribution in [3.8, 4) is 0 Å². The molecule has 0 aromatic heterocycles. The van der Waals surface area contributed by atoms with Crippen LogP contribution in [0.15, 0.2) is 0 Å². The van der Waals surface area contributed by atoms with Gasteiger partial charge in [-0.3, -0.25) is 4.55 Å². The summed E-state index contributed by atoms with van der Waals surface area (Å²) in [6.45, 7) is 13.4. The molecule has 86 valence electrons. The molecule has 0 saturated carbocycles. The van der Waals surface area contributed by atoms with E-state index in [1.54, 1.807) is 0 Å². The maximum absolute atomic E-state index is 8.59. The Hall–Kier alpha value is 1.25. The molecule has 3 nitrogen and oxygen atoms in total. The molecule has 0 aromatic rings. The van der Waals surface area contributed by atoms with E-state index in [0.717, 1.165) is 0 Å². The first-order chi connectivity index (χ1) is 5.20. The topological polar surface area (TPSA) is 54.4 Å². The fourth-order valence-electron chi connectivity index (χ4n) is 0. The predicted molar refractivity (Wildman–Crippen MR) is 72.6 cm³/mol. The van der Waals surface area contributed by atoms with Crippen molar-refractivity contribution in [2.24, 2.45) is 0 Å². The minimum atomic E-state index is -3.12. The second kappa shape index (κ2) is 18.9. The Morgan fingerprint density at radius 2 is 0.846 bits per heavy atom. The molecule has 0 amide bonds. The average Bonchev–Trinajstić information content (AvgIpc) is 1.54. The van der Waals surface area contributed by atoms with Crippen LogP contribution in [0.3, 0.4) is 0 Å². The third kappa shape index (κ3) is 1070. The van der Waals surface area contributed by atoms with Gasteiger partial charge in [-0.15, -0.1) is 32.8 Å². The highest BCUT2D eigenvalue weighted by Crippen LogP contribution is 2.14. The number of hydrogen-bond donors (Lipinski definition) is 2. The number of hydrogen-bond acceptors (Lipinski definition) is 2. The third-order valence-corrected chi connectivity index (χ3v) is 0. The Balaban J connectivity index is -0.0000000450. The summed E-state index contributed by atoms with van der Waals surface area (Å²) >= 11 is 0. The lowest BCUT2D eigenvalue weighted by Crippen LogP contribution is -1.58. The van der Waals surface area contributed by atoms with Crippen LogP contribution >= 0.6 is 32.8 Å². The molecule has 0 saturated heterocycles. The number of rotatable bonds is 0. The van der Waals surface area contributed by atoms with Crippen LogP contribution in [0.2, 0.25) is 0 Å². The minimum absolute atomic E-state index is 0. The van der Waals surface area contributed by atoms with Crippen molar-refractivity contribution in [2.75, 3.05) is 40.0 Å². The van der Waals surface area contributed by atoms with Gasteiger partial charge in [-0.05, 0) is 40.0 Å². The maximum Gasteiger partial charge on any atom is 0.254 e. The first kappa shape index (κ1) is 23.8. The van der Waals surface area contributed by atoms with Gasteiger partial charge in [0.2, 0.25) is 0 Å². The summed E-state index contributed by atoms with van der Waals surface area (Å²) in [5.41, 5.74) is 0. The molecule has 0 aliphatic carbocycles. The van der Waals surface area contributed by atoms with Gasteiger partial charge in [0.25, 0.3) is 11.0 Å². The van der Waals surface area contributed by atoms with Gasteiger partial charge in [0.05, 0.1) is 0 Å². The zero-order valence-electron chi connectivity index (χ0n) is 9.01. The molecule has 13 heavy (non-hydrogen) atoms. The molecule has 0 aliphatic heterocycles. The molecule has 7 heteroatoms. The summed E-state index contributed by atoms with van der Waals surface area (Å²) in [5.74, 6) is 0. The van der Waals surface area contributed by atoms with E-state index >= 15 is 0 Å². The van der Waals surface area contributed by atoms with Gasteiger partial charge in [0.15, 0.2) is 0 Å². The van der Waals surface area contributed by atoms with Crippen molar-refractivity contribution in [3.63, 3.8) is 0 Å². The molecule has 0 spiro atoms. The van der Waals surface area contributed by atoms with Crippen LogP contribution in [-0.2, 0) is 11.0 Å². The third-order valence-electron chi connectivity index (χ3n) is 0. The molecule has 1 N–H and O–H groups in total. The molecule has 0 aromatic carbocycles. The van der Waals surface area contributed by atoms with Crippen LogP contribution in [0.4, 0.5) is 0 Å². The molecular formula is C6H21BrO3P2S. The Kier molecular flexibility index (Phi) is 34.7. The van der Waals surface area contributed by atoms with E-state index in [2.05, 4.69) is 40.0 Å². The molecular weight excluding hydrogens is 294 g/mol. The van der Waals surface area contributed by atoms with Crippen LogP contribution < -0.4 is 0 Å². The predicted octanol–water partition coefficient (Wildman–Crippen LogP) is 2.36. The van der Waals surface area contributed by atoms with E-state index < -0.39 is 11.0 Å². The minimum Gasteiger partial charge on any atom is -0.288 e. The molecule has 0 unspecified atom stereocenters. The van der Waals surface area contributed by atoms with Gasteiger partial charge in [-0.1, -0.05) is 0 Å². The van der Waals surface area contributed by atoms with E-state index in [9.17, 15) is 0 Å². The van der Waals surface area contributed by atoms with E-state index in [-0.39, 0.29) is 17.0 Å². The van der Waals surface area contributed by atoms with Crippen molar-refractivity contribution >= 4 is 43.8 Å². The molecule has 0 atom stereocenters. The van der Waals surface area contributed by atoms with Gasteiger partial charge in [-0.2, -0.15) is 0 Å². The largest absolute Gasteiger partial charge is 0.288 e. The van der Waals surface area contributed by atoms with E-state index in [0.29, 0.717) is 15.8 Å².